The van der Waals surface area contributed by atoms with E-state index in [-0.39, 0.29) is 18.0 Å². The molecule has 0 fully saturated rings. The van der Waals surface area contributed by atoms with E-state index in [9.17, 15) is 9.59 Å². The van der Waals surface area contributed by atoms with E-state index >= 15 is 0 Å². The first-order chi connectivity index (χ1) is 14.9. The Morgan fingerprint density at radius 3 is 2.35 bits per heavy atom. The molecule has 3 aromatic carbocycles. The number of carbonyl (C=O) groups is 1. The van der Waals surface area contributed by atoms with Crippen LogP contribution >= 0.6 is 11.6 Å². The number of halogens is 1. The summed E-state index contributed by atoms with van der Waals surface area (Å²) >= 11 is 6.02. The van der Waals surface area contributed by atoms with E-state index in [1.165, 1.54) is 0 Å². The third-order valence-electron chi connectivity index (χ3n) is 5.48. The molecule has 0 radical (unpaired) electrons. The summed E-state index contributed by atoms with van der Waals surface area (Å²) in [5.74, 6) is -0.114. The number of aromatic amines is 1. The van der Waals surface area contributed by atoms with Gasteiger partial charge in [-0.05, 0) is 60.2 Å². The molecule has 1 aromatic heterocycles. The molecular formula is C26H23ClN2O2. The second kappa shape index (κ2) is 8.78. The molecule has 4 rings (SSSR count). The maximum Gasteiger partial charge on any atom is 0.254 e. The topological polar surface area (TPSA) is 53.2 Å². The van der Waals surface area contributed by atoms with Gasteiger partial charge in [0.2, 0.25) is 0 Å². The fraction of sp³-hybridized carbons (Fsp3) is 0.154. The van der Waals surface area contributed by atoms with Crippen LogP contribution in [0.5, 0.6) is 0 Å². The number of amides is 1. The monoisotopic (exact) mass is 430 g/mol. The number of H-pyrrole nitrogens is 1. The van der Waals surface area contributed by atoms with Gasteiger partial charge in [0.25, 0.3) is 11.5 Å². The van der Waals surface area contributed by atoms with E-state index in [0.717, 1.165) is 27.6 Å². The lowest BCUT2D eigenvalue weighted by molar-refractivity contribution is 0.0728. The molecule has 0 spiro atoms. The van der Waals surface area contributed by atoms with Crippen molar-refractivity contribution in [2.45, 2.75) is 26.9 Å². The Hall–Kier alpha value is -3.37. The van der Waals surface area contributed by atoms with E-state index in [4.69, 9.17) is 11.6 Å². The smallest absolute Gasteiger partial charge is 0.254 e. The van der Waals surface area contributed by atoms with E-state index in [0.29, 0.717) is 22.7 Å². The van der Waals surface area contributed by atoms with Gasteiger partial charge in [0.15, 0.2) is 0 Å². The van der Waals surface area contributed by atoms with E-state index < -0.39 is 0 Å². The van der Waals surface area contributed by atoms with Gasteiger partial charge < -0.3 is 9.88 Å². The summed E-state index contributed by atoms with van der Waals surface area (Å²) in [5, 5.41) is 1.59. The Morgan fingerprint density at radius 2 is 1.61 bits per heavy atom. The summed E-state index contributed by atoms with van der Waals surface area (Å²) in [4.78, 5) is 31.0. The fourth-order valence-electron chi connectivity index (χ4n) is 3.74. The molecule has 0 atom stereocenters. The summed E-state index contributed by atoms with van der Waals surface area (Å²) in [5.41, 5.74) is 4.68. The number of para-hydroxylation sites is 1. The number of rotatable bonds is 5. The van der Waals surface area contributed by atoms with Crippen molar-refractivity contribution in [1.82, 2.24) is 9.88 Å². The van der Waals surface area contributed by atoms with Crippen LogP contribution < -0.4 is 5.56 Å². The van der Waals surface area contributed by atoms with Crippen molar-refractivity contribution < 1.29 is 4.79 Å². The van der Waals surface area contributed by atoms with Crippen molar-refractivity contribution >= 4 is 28.4 Å². The maximum atomic E-state index is 13.5. The fourth-order valence-corrected chi connectivity index (χ4v) is 3.87. The number of pyridine rings is 1. The lowest BCUT2D eigenvalue weighted by Gasteiger charge is -2.24. The molecule has 0 aliphatic carbocycles. The highest BCUT2D eigenvalue weighted by atomic mass is 35.5. The van der Waals surface area contributed by atoms with Crippen LogP contribution in [0.2, 0.25) is 5.02 Å². The largest absolute Gasteiger partial charge is 0.330 e. The SMILES string of the molecule is Cc1ccccc1C(=O)N(Cc1ccc(Cl)cc1)Cc1cc2cccc(C)c2[nH]c1=O. The predicted octanol–water partition coefficient (Wildman–Crippen LogP) is 5.64. The first-order valence-corrected chi connectivity index (χ1v) is 10.5. The molecule has 1 N–H and O–H groups in total. The zero-order chi connectivity index (χ0) is 22.0. The van der Waals surface area contributed by atoms with Crippen molar-refractivity contribution in [3.8, 4) is 0 Å². The first kappa shape index (κ1) is 20.9. The molecule has 0 aliphatic rings. The minimum absolute atomic E-state index is 0.114. The van der Waals surface area contributed by atoms with Gasteiger partial charge in [0.05, 0.1) is 12.1 Å². The molecule has 5 heteroatoms. The normalized spacial score (nSPS) is 10.9. The van der Waals surface area contributed by atoms with Gasteiger partial charge in [-0.2, -0.15) is 0 Å². The standard InChI is InChI=1S/C26H23ClN2O2/c1-17-6-3-4-9-23(17)26(31)29(15-19-10-12-22(27)13-11-19)16-21-14-20-8-5-7-18(2)24(20)28-25(21)30/h3-14H,15-16H2,1-2H3,(H,28,30). The quantitative estimate of drug-likeness (QED) is 0.445. The zero-order valence-electron chi connectivity index (χ0n) is 17.5. The lowest BCUT2D eigenvalue weighted by Crippen LogP contribution is -2.33. The number of fused-ring (bicyclic) bond motifs is 1. The van der Waals surface area contributed by atoms with Gasteiger partial charge in [-0.3, -0.25) is 9.59 Å². The molecule has 1 amide bonds. The van der Waals surface area contributed by atoms with Crippen LogP contribution in [-0.4, -0.2) is 15.8 Å². The van der Waals surface area contributed by atoms with Gasteiger partial charge >= 0.3 is 0 Å². The second-order valence-corrected chi connectivity index (χ2v) is 8.20. The average Bonchev–Trinajstić information content (AvgIpc) is 2.76. The molecule has 0 aliphatic heterocycles. The van der Waals surface area contributed by atoms with Crippen LogP contribution in [0.1, 0.15) is 32.6 Å². The van der Waals surface area contributed by atoms with E-state index in [1.54, 1.807) is 17.0 Å². The van der Waals surface area contributed by atoms with Crippen LogP contribution in [0.4, 0.5) is 0 Å². The lowest BCUT2D eigenvalue weighted by atomic mass is 10.1. The third-order valence-corrected chi connectivity index (χ3v) is 5.73. The zero-order valence-corrected chi connectivity index (χ0v) is 18.2. The van der Waals surface area contributed by atoms with Crippen LogP contribution in [0, 0.1) is 13.8 Å². The Morgan fingerprint density at radius 1 is 0.903 bits per heavy atom. The number of carbonyl (C=O) groups excluding carboxylic acids is 1. The number of benzene rings is 3. The number of hydrogen-bond donors (Lipinski definition) is 1. The van der Waals surface area contributed by atoms with Crippen LogP contribution in [0.25, 0.3) is 10.9 Å². The summed E-state index contributed by atoms with van der Waals surface area (Å²) in [6.45, 7) is 4.45. The van der Waals surface area contributed by atoms with Gasteiger partial charge in [-0.15, -0.1) is 0 Å². The number of nitrogens with one attached hydrogen (secondary N) is 1. The van der Waals surface area contributed by atoms with Crippen LogP contribution in [-0.2, 0) is 13.1 Å². The van der Waals surface area contributed by atoms with Crippen molar-refractivity contribution in [2.75, 3.05) is 0 Å². The highest BCUT2D eigenvalue weighted by molar-refractivity contribution is 6.30. The molecule has 1 heterocycles. The van der Waals surface area contributed by atoms with Crippen molar-refractivity contribution in [3.63, 3.8) is 0 Å². The van der Waals surface area contributed by atoms with Crippen LogP contribution in [0.15, 0.2) is 77.6 Å². The Labute approximate surface area is 186 Å². The minimum Gasteiger partial charge on any atom is -0.330 e. The number of hydrogen-bond acceptors (Lipinski definition) is 2. The van der Waals surface area contributed by atoms with Crippen LogP contribution in [0.3, 0.4) is 0 Å². The Kier molecular flexibility index (Phi) is 5.92. The van der Waals surface area contributed by atoms with Gasteiger partial charge in [0.1, 0.15) is 0 Å². The number of aryl methyl sites for hydroxylation is 2. The molecule has 31 heavy (non-hydrogen) atoms. The molecule has 4 nitrogen and oxygen atoms in total. The summed E-state index contributed by atoms with van der Waals surface area (Å²) < 4.78 is 0. The highest BCUT2D eigenvalue weighted by Crippen LogP contribution is 2.20. The first-order valence-electron chi connectivity index (χ1n) is 10.1. The summed E-state index contributed by atoms with van der Waals surface area (Å²) in [6.07, 6.45) is 0. The Bertz CT molecular complexity index is 1310. The molecule has 0 saturated heterocycles. The molecule has 156 valence electrons. The van der Waals surface area contributed by atoms with E-state index in [2.05, 4.69) is 4.98 Å². The highest BCUT2D eigenvalue weighted by Gasteiger charge is 2.20. The Balaban J connectivity index is 1.73. The summed E-state index contributed by atoms with van der Waals surface area (Å²) in [6, 6.07) is 22.7. The molecule has 0 saturated carbocycles. The van der Waals surface area contributed by atoms with E-state index in [1.807, 2.05) is 74.5 Å². The molecule has 0 bridgehead atoms. The number of nitrogens with zero attached hydrogens (tertiary/aromatic N) is 1. The maximum absolute atomic E-state index is 13.5. The second-order valence-electron chi connectivity index (χ2n) is 7.77. The number of aromatic nitrogens is 1. The van der Waals surface area contributed by atoms with Gasteiger partial charge in [-0.25, -0.2) is 0 Å². The van der Waals surface area contributed by atoms with Crippen molar-refractivity contribution in [2.24, 2.45) is 0 Å². The average molecular weight is 431 g/mol. The third kappa shape index (κ3) is 4.54. The van der Waals surface area contributed by atoms with Gasteiger partial charge in [0, 0.05) is 22.7 Å². The van der Waals surface area contributed by atoms with Crippen molar-refractivity contribution in [3.05, 3.63) is 116 Å². The molecule has 4 aromatic rings. The molecular weight excluding hydrogens is 408 g/mol. The summed E-state index contributed by atoms with van der Waals surface area (Å²) in [7, 11) is 0. The minimum atomic E-state index is -0.180. The van der Waals surface area contributed by atoms with Gasteiger partial charge in [-0.1, -0.05) is 60.1 Å². The molecule has 0 unspecified atom stereocenters. The predicted molar refractivity (Wildman–Crippen MR) is 126 cm³/mol. The van der Waals surface area contributed by atoms with Crippen molar-refractivity contribution in [1.29, 1.82) is 0 Å².